The highest BCUT2D eigenvalue weighted by Crippen LogP contribution is 2.27. The molecule has 4 heteroatoms. The molecule has 3 aromatic rings. The zero-order valence-electron chi connectivity index (χ0n) is 17.7. The van der Waals surface area contributed by atoms with E-state index < -0.39 is 0 Å². The highest BCUT2D eigenvalue weighted by molar-refractivity contribution is 6.06. The van der Waals surface area contributed by atoms with Crippen molar-refractivity contribution in [1.29, 1.82) is 0 Å². The van der Waals surface area contributed by atoms with E-state index >= 15 is 0 Å². The number of fused-ring (bicyclic) bond motifs is 1. The molecule has 0 saturated heterocycles. The highest BCUT2D eigenvalue weighted by Gasteiger charge is 2.22. The normalized spacial score (nSPS) is 13.2. The first-order valence-corrected chi connectivity index (χ1v) is 11.0. The first-order chi connectivity index (χ1) is 15.2. The van der Waals surface area contributed by atoms with Crippen LogP contribution < -0.4 is 10.2 Å². The van der Waals surface area contributed by atoms with Crippen LogP contribution in [-0.4, -0.2) is 18.4 Å². The Morgan fingerprint density at radius 1 is 0.806 bits per heavy atom. The largest absolute Gasteiger partial charge is 0.352 e. The molecule has 1 N–H and O–H groups in total. The molecule has 0 bridgehead atoms. The van der Waals surface area contributed by atoms with Gasteiger partial charge < -0.3 is 10.2 Å². The molecule has 1 aliphatic heterocycles. The molecular formula is C27H28N2O2. The molecule has 4 nitrogen and oxygen atoms in total. The summed E-state index contributed by atoms with van der Waals surface area (Å²) < 4.78 is 0. The second kappa shape index (κ2) is 10.1. The summed E-state index contributed by atoms with van der Waals surface area (Å²) in [7, 11) is 0. The van der Waals surface area contributed by atoms with E-state index in [9.17, 15) is 9.59 Å². The minimum Gasteiger partial charge on any atom is -0.352 e. The lowest BCUT2D eigenvalue weighted by Gasteiger charge is -2.23. The summed E-state index contributed by atoms with van der Waals surface area (Å²) >= 11 is 0. The van der Waals surface area contributed by atoms with E-state index in [1.54, 1.807) is 0 Å². The number of nitrogens with one attached hydrogen (secondary N) is 1. The fraction of sp³-hybridized carbons (Fsp3) is 0.259. The van der Waals surface area contributed by atoms with Gasteiger partial charge in [-0.1, -0.05) is 60.7 Å². The zero-order valence-corrected chi connectivity index (χ0v) is 17.7. The van der Waals surface area contributed by atoms with Gasteiger partial charge in [0.1, 0.15) is 0 Å². The molecule has 31 heavy (non-hydrogen) atoms. The van der Waals surface area contributed by atoms with Gasteiger partial charge in [0.2, 0.25) is 5.91 Å². The van der Waals surface area contributed by atoms with Gasteiger partial charge in [0.05, 0.1) is 0 Å². The Kier molecular flexibility index (Phi) is 6.78. The first-order valence-electron chi connectivity index (χ1n) is 11.0. The minimum atomic E-state index is 0.0326. The van der Waals surface area contributed by atoms with Crippen molar-refractivity contribution < 1.29 is 9.59 Å². The van der Waals surface area contributed by atoms with Crippen LogP contribution in [0, 0.1) is 0 Å². The van der Waals surface area contributed by atoms with E-state index in [1.165, 1.54) is 5.56 Å². The Morgan fingerprint density at radius 2 is 1.55 bits per heavy atom. The second-order valence-electron chi connectivity index (χ2n) is 8.00. The number of hydrogen-bond donors (Lipinski definition) is 1. The molecule has 0 saturated carbocycles. The molecule has 3 aromatic carbocycles. The summed E-state index contributed by atoms with van der Waals surface area (Å²) in [5, 5.41) is 2.96. The molecule has 0 aromatic heterocycles. The van der Waals surface area contributed by atoms with Gasteiger partial charge in [-0.25, -0.2) is 0 Å². The van der Waals surface area contributed by atoms with Crippen molar-refractivity contribution in [3.8, 4) is 0 Å². The van der Waals surface area contributed by atoms with Crippen molar-refractivity contribution in [2.24, 2.45) is 0 Å². The van der Waals surface area contributed by atoms with Crippen LogP contribution in [0.3, 0.4) is 0 Å². The maximum Gasteiger partial charge on any atom is 0.258 e. The smallest absolute Gasteiger partial charge is 0.258 e. The van der Waals surface area contributed by atoms with Gasteiger partial charge in [0, 0.05) is 30.8 Å². The van der Waals surface area contributed by atoms with E-state index in [4.69, 9.17) is 0 Å². The van der Waals surface area contributed by atoms with Crippen molar-refractivity contribution >= 4 is 17.5 Å². The van der Waals surface area contributed by atoms with Gasteiger partial charge in [-0.15, -0.1) is 0 Å². The molecule has 2 amide bonds. The Hall–Kier alpha value is -3.40. The third kappa shape index (κ3) is 5.40. The number of nitrogens with zero attached hydrogens (tertiary/aromatic N) is 1. The van der Waals surface area contributed by atoms with Crippen molar-refractivity contribution in [3.63, 3.8) is 0 Å². The van der Waals surface area contributed by atoms with Gasteiger partial charge >= 0.3 is 0 Å². The Labute approximate surface area is 183 Å². The molecule has 4 rings (SSSR count). The molecule has 0 fully saturated rings. The van der Waals surface area contributed by atoms with Gasteiger partial charge in [-0.05, 0) is 60.6 Å². The Balaban J connectivity index is 1.34. The summed E-state index contributed by atoms with van der Waals surface area (Å²) in [5.74, 6) is 0.0756. The predicted octanol–water partition coefficient (Wildman–Crippen LogP) is 4.92. The maximum atomic E-state index is 13.2. The Morgan fingerprint density at radius 3 is 2.35 bits per heavy atom. The maximum absolute atomic E-state index is 13.2. The SMILES string of the molecule is O=C(CCc1ccc(C(=O)N2CCCCc3ccccc32)cc1)NCc1ccccc1. The van der Waals surface area contributed by atoms with Crippen LogP contribution in [0.2, 0.25) is 0 Å². The standard InChI is InChI=1S/C27H28N2O2/c30-26(28-20-22-8-2-1-3-9-22)18-15-21-13-16-24(17-14-21)27(31)29-19-7-6-11-23-10-4-5-12-25(23)29/h1-5,8-10,12-14,16-17H,6-7,11,15,18-20H2,(H,28,30). The van der Waals surface area contributed by atoms with Crippen LogP contribution in [0.1, 0.15) is 46.3 Å². The highest BCUT2D eigenvalue weighted by atomic mass is 16.2. The molecule has 0 radical (unpaired) electrons. The molecule has 1 heterocycles. The topological polar surface area (TPSA) is 49.4 Å². The number of benzene rings is 3. The number of rotatable bonds is 6. The Bertz CT molecular complexity index is 1030. The van der Waals surface area contributed by atoms with Crippen molar-refractivity contribution in [2.45, 2.75) is 38.6 Å². The van der Waals surface area contributed by atoms with Crippen LogP contribution in [-0.2, 0) is 24.2 Å². The predicted molar refractivity (Wildman–Crippen MR) is 124 cm³/mol. The third-order valence-corrected chi connectivity index (χ3v) is 5.78. The molecule has 1 aliphatic rings. The summed E-state index contributed by atoms with van der Waals surface area (Å²) in [6.07, 6.45) is 4.22. The second-order valence-corrected chi connectivity index (χ2v) is 8.00. The molecular weight excluding hydrogens is 384 g/mol. The fourth-order valence-electron chi connectivity index (χ4n) is 4.01. The molecule has 0 unspecified atom stereocenters. The van der Waals surface area contributed by atoms with Crippen LogP contribution in [0.4, 0.5) is 5.69 Å². The number of hydrogen-bond acceptors (Lipinski definition) is 2. The average molecular weight is 413 g/mol. The fourth-order valence-corrected chi connectivity index (χ4v) is 4.01. The van der Waals surface area contributed by atoms with E-state index in [2.05, 4.69) is 11.4 Å². The van der Waals surface area contributed by atoms with Crippen molar-refractivity contribution in [1.82, 2.24) is 5.32 Å². The lowest BCUT2D eigenvalue weighted by Crippen LogP contribution is -2.31. The number of carbonyl (C=O) groups excluding carboxylic acids is 2. The van der Waals surface area contributed by atoms with E-state index in [1.807, 2.05) is 77.7 Å². The number of para-hydroxylation sites is 1. The van der Waals surface area contributed by atoms with Crippen molar-refractivity contribution in [2.75, 3.05) is 11.4 Å². The lowest BCUT2D eigenvalue weighted by molar-refractivity contribution is -0.121. The number of carbonyl (C=O) groups is 2. The summed E-state index contributed by atoms with van der Waals surface area (Å²) in [6.45, 7) is 1.30. The lowest BCUT2D eigenvalue weighted by atomic mass is 10.1. The zero-order chi connectivity index (χ0) is 21.5. The van der Waals surface area contributed by atoms with Crippen LogP contribution in [0.25, 0.3) is 0 Å². The third-order valence-electron chi connectivity index (χ3n) is 5.78. The first kappa shape index (κ1) is 20.9. The van der Waals surface area contributed by atoms with E-state index in [0.29, 0.717) is 24.9 Å². The molecule has 0 spiro atoms. The van der Waals surface area contributed by atoms with Gasteiger partial charge in [-0.2, -0.15) is 0 Å². The average Bonchev–Trinajstić information content (AvgIpc) is 3.04. The van der Waals surface area contributed by atoms with Crippen LogP contribution >= 0.6 is 0 Å². The monoisotopic (exact) mass is 412 g/mol. The quantitative estimate of drug-likeness (QED) is 0.625. The number of amides is 2. The summed E-state index contributed by atoms with van der Waals surface area (Å²) in [6, 6.07) is 25.8. The van der Waals surface area contributed by atoms with E-state index in [0.717, 1.165) is 42.6 Å². The minimum absolute atomic E-state index is 0.0326. The molecule has 0 aliphatic carbocycles. The molecule has 0 atom stereocenters. The van der Waals surface area contributed by atoms with Crippen LogP contribution in [0.15, 0.2) is 78.9 Å². The van der Waals surface area contributed by atoms with E-state index in [-0.39, 0.29) is 11.8 Å². The summed E-state index contributed by atoms with van der Waals surface area (Å²) in [4.78, 5) is 27.2. The van der Waals surface area contributed by atoms with Gasteiger partial charge in [0.15, 0.2) is 0 Å². The van der Waals surface area contributed by atoms with Crippen LogP contribution in [0.5, 0.6) is 0 Å². The summed E-state index contributed by atoms with van der Waals surface area (Å²) in [5.41, 5.74) is 5.11. The number of aryl methyl sites for hydroxylation is 2. The molecule has 158 valence electrons. The van der Waals surface area contributed by atoms with Gasteiger partial charge in [0.25, 0.3) is 5.91 Å². The number of anilines is 1. The van der Waals surface area contributed by atoms with Crippen molar-refractivity contribution in [3.05, 3.63) is 101 Å². The van der Waals surface area contributed by atoms with Gasteiger partial charge in [-0.3, -0.25) is 9.59 Å².